The van der Waals surface area contributed by atoms with Crippen LogP contribution in [0.2, 0.25) is 0 Å². The number of likely N-dealkylation sites (tertiary alicyclic amines) is 1. The molecule has 0 bridgehead atoms. The number of amides is 1. The summed E-state index contributed by atoms with van der Waals surface area (Å²) in [5, 5.41) is 0. The van der Waals surface area contributed by atoms with Crippen LogP contribution >= 0.6 is 0 Å². The monoisotopic (exact) mass is 139 g/mol. The molecule has 1 fully saturated rings. The Morgan fingerprint density at radius 1 is 1.60 bits per heavy atom. The van der Waals surface area contributed by atoms with Crippen LogP contribution in [0.3, 0.4) is 0 Å². The molecular formula is C8H13NO. The third-order valence-corrected chi connectivity index (χ3v) is 1.66. The van der Waals surface area contributed by atoms with E-state index in [1.807, 2.05) is 17.9 Å². The van der Waals surface area contributed by atoms with Gasteiger partial charge in [0.05, 0.1) is 0 Å². The molecule has 0 atom stereocenters. The van der Waals surface area contributed by atoms with Gasteiger partial charge < -0.3 is 4.90 Å². The normalized spacial score (nSPS) is 17.5. The Kier molecular flexibility index (Phi) is 2.49. The van der Waals surface area contributed by atoms with Crippen LogP contribution in [0.15, 0.2) is 12.2 Å². The van der Waals surface area contributed by atoms with Gasteiger partial charge in [-0.05, 0) is 18.9 Å². The molecule has 2 heteroatoms. The summed E-state index contributed by atoms with van der Waals surface area (Å²) < 4.78 is 0. The highest BCUT2D eigenvalue weighted by Crippen LogP contribution is 2.05. The first-order valence-electron chi connectivity index (χ1n) is 3.80. The van der Waals surface area contributed by atoms with E-state index in [9.17, 15) is 4.79 Å². The number of allylic oxidation sites excluding steroid dienone is 1. The Balaban J connectivity index is 2.26. The molecule has 1 saturated heterocycles. The number of carbonyl (C=O) groups excluding carboxylic acids is 1. The third-order valence-electron chi connectivity index (χ3n) is 1.66. The van der Waals surface area contributed by atoms with Gasteiger partial charge in [0.25, 0.3) is 0 Å². The Morgan fingerprint density at radius 2 is 2.30 bits per heavy atom. The number of rotatable bonds is 2. The van der Waals surface area contributed by atoms with Gasteiger partial charge in [0.2, 0.25) is 5.91 Å². The molecule has 0 aromatic rings. The highest BCUT2D eigenvalue weighted by Gasteiger charge is 2.16. The van der Waals surface area contributed by atoms with Crippen LogP contribution in [0.25, 0.3) is 0 Å². The zero-order valence-corrected chi connectivity index (χ0v) is 6.34. The Bertz CT molecular complexity index is 147. The average Bonchev–Trinajstić information content (AvgIpc) is 1.79. The van der Waals surface area contributed by atoms with Crippen LogP contribution in [0.4, 0.5) is 0 Å². The first-order chi connectivity index (χ1) is 4.84. The highest BCUT2D eigenvalue weighted by molar-refractivity contribution is 5.88. The molecular weight excluding hydrogens is 126 g/mol. The molecule has 1 heterocycles. The van der Waals surface area contributed by atoms with Crippen LogP contribution in [0, 0.1) is 0 Å². The lowest BCUT2D eigenvalue weighted by Gasteiger charge is -2.29. The molecule has 0 aromatic carbocycles. The second kappa shape index (κ2) is 3.40. The van der Waals surface area contributed by atoms with Gasteiger partial charge in [-0.3, -0.25) is 4.79 Å². The summed E-state index contributed by atoms with van der Waals surface area (Å²) in [7, 11) is 0. The van der Waals surface area contributed by atoms with Crippen molar-refractivity contribution in [2.75, 3.05) is 13.1 Å². The van der Waals surface area contributed by atoms with Gasteiger partial charge in [-0.15, -0.1) is 0 Å². The van der Waals surface area contributed by atoms with E-state index in [0.29, 0.717) is 0 Å². The predicted octanol–water partition coefficient (Wildman–Crippen LogP) is 1.18. The summed E-state index contributed by atoms with van der Waals surface area (Å²) in [5.74, 6) is 0.174. The van der Waals surface area contributed by atoms with E-state index in [2.05, 4.69) is 0 Å². The molecule has 0 spiro atoms. The van der Waals surface area contributed by atoms with Gasteiger partial charge in [-0.1, -0.05) is 13.0 Å². The van der Waals surface area contributed by atoms with Gasteiger partial charge in [-0.2, -0.15) is 0 Å². The molecule has 10 heavy (non-hydrogen) atoms. The largest absolute Gasteiger partial charge is 0.339 e. The van der Waals surface area contributed by atoms with Crippen molar-refractivity contribution in [2.45, 2.75) is 19.8 Å². The van der Waals surface area contributed by atoms with Crippen molar-refractivity contribution in [3.63, 3.8) is 0 Å². The quantitative estimate of drug-likeness (QED) is 0.526. The topological polar surface area (TPSA) is 20.3 Å². The van der Waals surface area contributed by atoms with Crippen molar-refractivity contribution in [3.05, 3.63) is 12.2 Å². The lowest BCUT2D eigenvalue weighted by Crippen LogP contribution is -2.41. The molecule has 1 rings (SSSR count). The zero-order valence-electron chi connectivity index (χ0n) is 6.34. The van der Waals surface area contributed by atoms with E-state index >= 15 is 0 Å². The SMILES string of the molecule is CC/C=C/C(=O)N1CCC1. The Hall–Kier alpha value is -0.790. The van der Waals surface area contributed by atoms with E-state index in [4.69, 9.17) is 0 Å². The fraction of sp³-hybridized carbons (Fsp3) is 0.625. The van der Waals surface area contributed by atoms with Crippen molar-refractivity contribution < 1.29 is 4.79 Å². The van der Waals surface area contributed by atoms with Crippen LogP contribution in [-0.2, 0) is 4.79 Å². The van der Waals surface area contributed by atoms with Crippen molar-refractivity contribution in [2.24, 2.45) is 0 Å². The molecule has 0 N–H and O–H groups in total. The maximum Gasteiger partial charge on any atom is 0.246 e. The summed E-state index contributed by atoms with van der Waals surface area (Å²) >= 11 is 0. The smallest absolute Gasteiger partial charge is 0.246 e. The van der Waals surface area contributed by atoms with Crippen molar-refractivity contribution in [3.8, 4) is 0 Å². The minimum atomic E-state index is 0.174. The molecule has 1 aliphatic heterocycles. The lowest BCUT2D eigenvalue weighted by atomic mass is 10.2. The molecule has 56 valence electrons. The highest BCUT2D eigenvalue weighted by atomic mass is 16.2. The standard InChI is InChI=1S/C8H13NO/c1-2-3-5-8(10)9-6-4-7-9/h3,5H,2,4,6-7H2,1H3/b5-3+. The molecule has 1 aliphatic rings. The fourth-order valence-electron chi connectivity index (χ4n) is 0.861. The first kappa shape index (κ1) is 7.32. The molecule has 2 nitrogen and oxygen atoms in total. The van der Waals surface area contributed by atoms with Crippen LogP contribution in [0.5, 0.6) is 0 Å². The Labute approximate surface area is 61.5 Å². The third kappa shape index (κ3) is 1.59. The summed E-state index contributed by atoms with van der Waals surface area (Å²) in [6, 6.07) is 0. The number of nitrogens with zero attached hydrogens (tertiary/aromatic N) is 1. The van der Waals surface area contributed by atoms with Gasteiger partial charge in [0, 0.05) is 13.1 Å². The second-order valence-electron chi connectivity index (χ2n) is 2.49. The Morgan fingerprint density at radius 3 is 2.70 bits per heavy atom. The van der Waals surface area contributed by atoms with Gasteiger partial charge in [0.15, 0.2) is 0 Å². The summed E-state index contributed by atoms with van der Waals surface area (Å²) in [4.78, 5) is 12.9. The van der Waals surface area contributed by atoms with Gasteiger partial charge in [-0.25, -0.2) is 0 Å². The van der Waals surface area contributed by atoms with Crippen molar-refractivity contribution in [1.82, 2.24) is 4.90 Å². The summed E-state index contributed by atoms with van der Waals surface area (Å²) in [5.41, 5.74) is 0. The van der Waals surface area contributed by atoms with E-state index in [1.54, 1.807) is 6.08 Å². The minimum absolute atomic E-state index is 0.174. The lowest BCUT2D eigenvalue weighted by molar-refractivity contribution is -0.129. The van der Waals surface area contributed by atoms with Crippen LogP contribution in [-0.4, -0.2) is 23.9 Å². The fourth-order valence-corrected chi connectivity index (χ4v) is 0.861. The molecule has 0 unspecified atom stereocenters. The van der Waals surface area contributed by atoms with E-state index in [-0.39, 0.29) is 5.91 Å². The second-order valence-corrected chi connectivity index (χ2v) is 2.49. The van der Waals surface area contributed by atoms with E-state index in [0.717, 1.165) is 19.5 Å². The number of carbonyl (C=O) groups is 1. The zero-order chi connectivity index (χ0) is 7.40. The van der Waals surface area contributed by atoms with Crippen LogP contribution < -0.4 is 0 Å². The molecule has 0 aromatic heterocycles. The summed E-state index contributed by atoms with van der Waals surface area (Å²) in [6.45, 7) is 3.93. The maximum absolute atomic E-state index is 11.0. The summed E-state index contributed by atoms with van der Waals surface area (Å²) in [6.07, 6.45) is 5.69. The van der Waals surface area contributed by atoms with Gasteiger partial charge >= 0.3 is 0 Å². The van der Waals surface area contributed by atoms with Gasteiger partial charge in [0.1, 0.15) is 0 Å². The van der Waals surface area contributed by atoms with E-state index in [1.165, 1.54) is 6.42 Å². The average molecular weight is 139 g/mol. The number of hydrogen-bond acceptors (Lipinski definition) is 1. The van der Waals surface area contributed by atoms with Crippen molar-refractivity contribution >= 4 is 5.91 Å². The predicted molar refractivity (Wildman–Crippen MR) is 40.6 cm³/mol. The molecule has 0 radical (unpaired) electrons. The van der Waals surface area contributed by atoms with E-state index < -0.39 is 0 Å². The first-order valence-corrected chi connectivity index (χ1v) is 3.80. The molecule has 1 amide bonds. The molecule has 0 saturated carbocycles. The minimum Gasteiger partial charge on any atom is -0.339 e. The van der Waals surface area contributed by atoms with Crippen molar-refractivity contribution in [1.29, 1.82) is 0 Å². The van der Waals surface area contributed by atoms with Crippen LogP contribution in [0.1, 0.15) is 19.8 Å². The maximum atomic E-state index is 11.0. The molecule has 0 aliphatic carbocycles. The number of hydrogen-bond donors (Lipinski definition) is 0.